The van der Waals surface area contributed by atoms with Crippen LogP contribution in [0.2, 0.25) is 5.02 Å². The molecule has 0 bridgehead atoms. The van der Waals surface area contributed by atoms with Gasteiger partial charge in [0.15, 0.2) is 11.6 Å². The fourth-order valence-corrected chi connectivity index (χ4v) is 2.20. The molecule has 1 N–H and O–H groups in total. The third kappa shape index (κ3) is 3.71. The molecule has 0 aromatic heterocycles. The van der Waals surface area contributed by atoms with Crippen molar-refractivity contribution in [3.63, 3.8) is 0 Å². The molecule has 0 atom stereocenters. The summed E-state index contributed by atoms with van der Waals surface area (Å²) in [5.74, 6) is -1.07. The molecule has 1 fully saturated rings. The molecule has 0 aliphatic heterocycles. The summed E-state index contributed by atoms with van der Waals surface area (Å²) in [4.78, 5) is 0. The summed E-state index contributed by atoms with van der Waals surface area (Å²) in [5.41, 5.74) is 1.03. The number of benzene rings is 2. The first-order valence-corrected chi connectivity index (χ1v) is 7.14. The molecule has 1 aliphatic rings. The van der Waals surface area contributed by atoms with E-state index in [1.165, 1.54) is 12.8 Å². The first-order valence-electron chi connectivity index (χ1n) is 6.76. The molecule has 3 rings (SSSR count). The summed E-state index contributed by atoms with van der Waals surface area (Å²) in [6.45, 7) is 0.735. The van der Waals surface area contributed by atoms with E-state index < -0.39 is 11.6 Å². The fraction of sp³-hybridized carbons (Fsp3) is 0.250. The van der Waals surface area contributed by atoms with Gasteiger partial charge in [-0.1, -0.05) is 17.7 Å². The predicted molar refractivity (Wildman–Crippen MR) is 77.7 cm³/mol. The van der Waals surface area contributed by atoms with Gasteiger partial charge in [-0.2, -0.15) is 0 Å². The lowest BCUT2D eigenvalue weighted by molar-refractivity contribution is 0.436. The highest BCUT2D eigenvalue weighted by molar-refractivity contribution is 6.32. The van der Waals surface area contributed by atoms with Crippen molar-refractivity contribution in [2.24, 2.45) is 0 Å². The van der Waals surface area contributed by atoms with E-state index in [4.69, 9.17) is 16.3 Å². The Morgan fingerprint density at radius 3 is 2.62 bits per heavy atom. The van der Waals surface area contributed by atoms with Crippen LogP contribution in [0.1, 0.15) is 18.4 Å². The zero-order valence-electron chi connectivity index (χ0n) is 11.2. The standard InChI is InChI=1S/C16H14ClF2NO/c17-13-7-10(9-20-12-3-4-12)1-6-15(13)21-16-8-11(18)2-5-14(16)19/h1-2,5-8,12,20H,3-4,9H2. The predicted octanol–water partition coefficient (Wildman–Crippen LogP) is 4.66. The highest BCUT2D eigenvalue weighted by Crippen LogP contribution is 2.32. The van der Waals surface area contributed by atoms with Crippen molar-refractivity contribution in [3.8, 4) is 11.5 Å². The van der Waals surface area contributed by atoms with Crippen LogP contribution in [-0.4, -0.2) is 6.04 Å². The molecule has 2 nitrogen and oxygen atoms in total. The molecule has 1 aliphatic carbocycles. The zero-order chi connectivity index (χ0) is 14.8. The van der Waals surface area contributed by atoms with Gasteiger partial charge in [-0.05, 0) is 42.7 Å². The third-order valence-electron chi connectivity index (χ3n) is 3.28. The Labute approximate surface area is 126 Å². The highest BCUT2D eigenvalue weighted by Gasteiger charge is 2.20. The van der Waals surface area contributed by atoms with E-state index in [-0.39, 0.29) is 5.75 Å². The quantitative estimate of drug-likeness (QED) is 0.867. The molecule has 21 heavy (non-hydrogen) atoms. The monoisotopic (exact) mass is 309 g/mol. The maximum Gasteiger partial charge on any atom is 0.166 e. The van der Waals surface area contributed by atoms with Gasteiger partial charge in [-0.25, -0.2) is 8.78 Å². The van der Waals surface area contributed by atoms with Crippen LogP contribution >= 0.6 is 11.6 Å². The van der Waals surface area contributed by atoms with E-state index in [2.05, 4.69) is 5.32 Å². The molecule has 2 aromatic carbocycles. The second-order valence-electron chi connectivity index (χ2n) is 5.10. The average Bonchev–Trinajstić information content (AvgIpc) is 3.27. The van der Waals surface area contributed by atoms with Gasteiger partial charge < -0.3 is 10.1 Å². The third-order valence-corrected chi connectivity index (χ3v) is 3.58. The van der Waals surface area contributed by atoms with E-state index in [1.54, 1.807) is 12.1 Å². The van der Waals surface area contributed by atoms with E-state index in [1.807, 2.05) is 6.07 Å². The number of hydrogen-bond acceptors (Lipinski definition) is 2. The minimum Gasteiger partial charge on any atom is -0.453 e. The van der Waals surface area contributed by atoms with Crippen molar-refractivity contribution in [3.05, 3.63) is 58.6 Å². The lowest BCUT2D eigenvalue weighted by Crippen LogP contribution is -2.15. The Morgan fingerprint density at radius 2 is 1.90 bits per heavy atom. The molecule has 0 spiro atoms. The summed E-state index contributed by atoms with van der Waals surface area (Å²) in [6, 6.07) is 8.95. The maximum atomic E-state index is 13.5. The van der Waals surface area contributed by atoms with Gasteiger partial charge in [0.2, 0.25) is 0 Å². The van der Waals surface area contributed by atoms with Gasteiger partial charge in [0.25, 0.3) is 0 Å². The average molecular weight is 310 g/mol. The van der Waals surface area contributed by atoms with Gasteiger partial charge in [-0.15, -0.1) is 0 Å². The van der Waals surface area contributed by atoms with E-state index in [0.29, 0.717) is 16.8 Å². The second-order valence-corrected chi connectivity index (χ2v) is 5.50. The van der Waals surface area contributed by atoms with Crippen LogP contribution in [0.4, 0.5) is 8.78 Å². The maximum absolute atomic E-state index is 13.5. The number of nitrogens with one attached hydrogen (secondary N) is 1. The van der Waals surface area contributed by atoms with E-state index >= 15 is 0 Å². The van der Waals surface area contributed by atoms with Crippen LogP contribution < -0.4 is 10.1 Å². The number of hydrogen-bond donors (Lipinski definition) is 1. The highest BCUT2D eigenvalue weighted by atomic mass is 35.5. The summed E-state index contributed by atoms with van der Waals surface area (Å²) in [7, 11) is 0. The molecule has 5 heteroatoms. The lowest BCUT2D eigenvalue weighted by atomic mass is 10.2. The largest absolute Gasteiger partial charge is 0.453 e. The summed E-state index contributed by atoms with van der Waals surface area (Å²) in [5, 5.41) is 3.75. The van der Waals surface area contributed by atoms with Crippen molar-refractivity contribution < 1.29 is 13.5 Å². The normalized spacial score (nSPS) is 14.2. The molecular weight excluding hydrogens is 296 g/mol. The van der Waals surface area contributed by atoms with Crippen molar-refractivity contribution >= 4 is 11.6 Å². The van der Waals surface area contributed by atoms with Gasteiger partial charge in [0, 0.05) is 18.7 Å². The Balaban J connectivity index is 1.74. The van der Waals surface area contributed by atoms with Crippen LogP contribution in [0.25, 0.3) is 0 Å². The minimum absolute atomic E-state index is 0.180. The summed E-state index contributed by atoms with van der Waals surface area (Å²) < 4.78 is 32.0. The molecule has 0 radical (unpaired) electrons. The topological polar surface area (TPSA) is 21.3 Å². The van der Waals surface area contributed by atoms with Crippen LogP contribution in [0, 0.1) is 11.6 Å². The van der Waals surface area contributed by atoms with Crippen LogP contribution in [0.5, 0.6) is 11.5 Å². The Morgan fingerprint density at radius 1 is 1.10 bits per heavy atom. The first kappa shape index (κ1) is 14.3. The van der Waals surface area contributed by atoms with Crippen LogP contribution in [-0.2, 0) is 6.54 Å². The lowest BCUT2D eigenvalue weighted by Gasteiger charge is -2.10. The van der Waals surface area contributed by atoms with Gasteiger partial charge >= 0.3 is 0 Å². The van der Waals surface area contributed by atoms with Crippen molar-refractivity contribution in [2.75, 3.05) is 0 Å². The number of halogens is 3. The minimum atomic E-state index is -0.632. The summed E-state index contributed by atoms with van der Waals surface area (Å²) in [6.07, 6.45) is 2.43. The SMILES string of the molecule is Fc1ccc(F)c(Oc2ccc(CNC3CC3)cc2Cl)c1. The van der Waals surface area contributed by atoms with Gasteiger partial charge in [0.1, 0.15) is 11.6 Å². The number of rotatable bonds is 5. The number of ether oxygens (including phenoxy) is 1. The van der Waals surface area contributed by atoms with Crippen molar-refractivity contribution in [1.29, 1.82) is 0 Å². The van der Waals surface area contributed by atoms with Gasteiger partial charge in [-0.3, -0.25) is 0 Å². The molecule has 0 amide bonds. The molecule has 0 heterocycles. The smallest absolute Gasteiger partial charge is 0.166 e. The molecule has 110 valence electrons. The van der Waals surface area contributed by atoms with Crippen LogP contribution in [0.15, 0.2) is 36.4 Å². The second kappa shape index (κ2) is 6.00. The molecule has 0 saturated heterocycles. The Bertz CT molecular complexity index is 659. The molecule has 2 aromatic rings. The zero-order valence-corrected chi connectivity index (χ0v) is 12.0. The summed E-state index contributed by atoms with van der Waals surface area (Å²) >= 11 is 6.13. The van der Waals surface area contributed by atoms with Crippen LogP contribution in [0.3, 0.4) is 0 Å². The first-order chi connectivity index (χ1) is 10.1. The molecule has 0 unspecified atom stereocenters. The van der Waals surface area contributed by atoms with Crippen molar-refractivity contribution in [1.82, 2.24) is 5.32 Å². The van der Waals surface area contributed by atoms with Crippen molar-refractivity contribution in [2.45, 2.75) is 25.4 Å². The molecular formula is C16H14ClF2NO. The fourth-order valence-electron chi connectivity index (χ4n) is 1.96. The van der Waals surface area contributed by atoms with Gasteiger partial charge in [0.05, 0.1) is 5.02 Å². The Kier molecular flexibility index (Phi) is 4.08. The van der Waals surface area contributed by atoms with E-state index in [9.17, 15) is 8.78 Å². The molecule has 1 saturated carbocycles. The Hall–Kier alpha value is -1.65. The van der Waals surface area contributed by atoms with E-state index in [0.717, 1.165) is 30.3 Å².